The summed E-state index contributed by atoms with van der Waals surface area (Å²) in [5, 5.41) is 14.9. The van der Waals surface area contributed by atoms with Gasteiger partial charge in [-0.15, -0.1) is 11.3 Å². The summed E-state index contributed by atoms with van der Waals surface area (Å²) in [4.78, 5) is 24.9. The van der Waals surface area contributed by atoms with Crippen molar-refractivity contribution in [3.63, 3.8) is 0 Å². The van der Waals surface area contributed by atoms with E-state index in [9.17, 15) is 17.6 Å². The smallest absolute Gasteiger partial charge is 0.404 e. The number of rotatable bonds is 9. The van der Waals surface area contributed by atoms with E-state index >= 15 is 4.39 Å². The van der Waals surface area contributed by atoms with Crippen LogP contribution in [0.15, 0.2) is 30.5 Å². The first-order chi connectivity index (χ1) is 18.7. The number of nitrogens with one attached hydrogen (secondary N) is 3. The minimum atomic E-state index is -4.16. The molecule has 0 aliphatic carbocycles. The lowest BCUT2D eigenvalue weighted by Crippen LogP contribution is -2.36. The van der Waals surface area contributed by atoms with E-state index in [0.29, 0.717) is 15.6 Å². The number of thiazole rings is 1. The molecule has 4 rings (SSSR count). The SMILES string of the molecule is C[C@@H](CNc1nccc(-c2sc(C(C)(C)C)nc2-c2cccc(NS(=O)(=O)N3CC[C@@H](F)C3)c2F)n1)NC(=O)O. The van der Waals surface area contributed by atoms with Crippen molar-refractivity contribution in [2.45, 2.75) is 51.7 Å². The summed E-state index contributed by atoms with van der Waals surface area (Å²) >= 11 is 1.33. The summed E-state index contributed by atoms with van der Waals surface area (Å²) in [6.45, 7) is 7.56. The summed E-state index contributed by atoms with van der Waals surface area (Å²) in [6.07, 6.45) is -0.794. The molecule has 11 nitrogen and oxygen atoms in total. The van der Waals surface area contributed by atoms with E-state index in [4.69, 9.17) is 10.1 Å². The molecule has 4 N–H and O–H groups in total. The average Bonchev–Trinajstić information content (AvgIpc) is 3.51. The highest BCUT2D eigenvalue weighted by molar-refractivity contribution is 7.90. The van der Waals surface area contributed by atoms with Crippen LogP contribution in [0.5, 0.6) is 0 Å². The highest BCUT2D eigenvalue weighted by Gasteiger charge is 2.32. The third kappa shape index (κ3) is 6.82. The van der Waals surface area contributed by atoms with Crippen LogP contribution in [0.25, 0.3) is 21.8 Å². The number of carbonyl (C=O) groups is 1. The predicted octanol–water partition coefficient (Wildman–Crippen LogP) is 4.47. The van der Waals surface area contributed by atoms with Gasteiger partial charge in [0.15, 0.2) is 5.82 Å². The van der Waals surface area contributed by atoms with E-state index in [2.05, 4.69) is 25.3 Å². The Kier molecular flexibility index (Phi) is 8.56. The van der Waals surface area contributed by atoms with E-state index in [-0.39, 0.29) is 54.4 Å². The molecule has 40 heavy (non-hydrogen) atoms. The fourth-order valence-electron chi connectivity index (χ4n) is 3.98. The zero-order valence-electron chi connectivity index (χ0n) is 22.4. The van der Waals surface area contributed by atoms with Gasteiger partial charge in [0.05, 0.1) is 27.0 Å². The molecular weight excluding hydrogens is 564 g/mol. The van der Waals surface area contributed by atoms with Crippen molar-refractivity contribution >= 4 is 39.3 Å². The summed E-state index contributed by atoms with van der Waals surface area (Å²) in [7, 11) is -4.16. The highest BCUT2D eigenvalue weighted by Crippen LogP contribution is 2.42. The first-order valence-corrected chi connectivity index (χ1v) is 14.8. The molecule has 3 aromatic rings. The molecule has 0 saturated carbocycles. The van der Waals surface area contributed by atoms with Crippen molar-refractivity contribution in [1.29, 1.82) is 0 Å². The number of halogens is 2. The molecule has 1 aliphatic rings. The zero-order chi connectivity index (χ0) is 29.2. The monoisotopic (exact) mass is 595 g/mol. The molecule has 1 fully saturated rings. The van der Waals surface area contributed by atoms with Crippen LogP contribution in [0.2, 0.25) is 0 Å². The molecule has 1 aromatic carbocycles. The minimum Gasteiger partial charge on any atom is -0.465 e. The molecule has 2 atom stereocenters. The van der Waals surface area contributed by atoms with Gasteiger partial charge in [0.2, 0.25) is 5.95 Å². The Balaban J connectivity index is 1.70. The van der Waals surface area contributed by atoms with E-state index in [1.54, 1.807) is 13.0 Å². The van der Waals surface area contributed by atoms with Crippen molar-refractivity contribution in [2.75, 3.05) is 29.7 Å². The lowest BCUT2D eigenvalue weighted by Gasteiger charge is -2.18. The van der Waals surface area contributed by atoms with Crippen molar-refractivity contribution < 1.29 is 27.1 Å². The van der Waals surface area contributed by atoms with Crippen LogP contribution >= 0.6 is 11.3 Å². The van der Waals surface area contributed by atoms with Gasteiger partial charge in [-0.3, -0.25) is 4.72 Å². The molecule has 216 valence electrons. The Bertz CT molecular complexity index is 1490. The van der Waals surface area contributed by atoms with Gasteiger partial charge in [-0.05, 0) is 31.5 Å². The number of nitrogens with zero attached hydrogens (tertiary/aromatic N) is 4. The van der Waals surface area contributed by atoms with Gasteiger partial charge in [0.25, 0.3) is 0 Å². The molecule has 3 heterocycles. The fourth-order valence-corrected chi connectivity index (χ4v) is 6.35. The Morgan fingerprint density at radius 1 is 1.27 bits per heavy atom. The van der Waals surface area contributed by atoms with Crippen LogP contribution in [0.1, 0.15) is 39.1 Å². The average molecular weight is 596 g/mol. The molecule has 15 heteroatoms. The maximum Gasteiger partial charge on any atom is 0.404 e. The molecule has 1 amide bonds. The van der Waals surface area contributed by atoms with Gasteiger partial charge >= 0.3 is 16.3 Å². The van der Waals surface area contributed by atoms with E-state index in [1.165, 1.54) is 35.7 Å². The zero-order valence-corrected chi connectivity index (χ0v) is 24.0. The van der Waals surface area contributed by atoms with Gasteiger partial charge in [0, 0.05) is 42.9 Å². The number of amides is 1. The second kappa shape index (κ2) is 11.6. The molecule has 0 spiro atoms. The first kappa shape index (κ1) is 29.6. The molecule has 0 bridgehead atoms. The van der Waals surface area contributed by atoms with Crippen LogP contribution in [0.4, 0.5) is 25.2 Å². The normalized spacial score (nSPS) is 17.0. The number of carboxylic acid groups (broad SMARTS) is 1. The van der Waals surface area contributed by atoms with Crippen LogP contribution < -0.4 is 15.4 Å². The summed E-state index contributed by atoms with van der Waals surface area (Å²) in [5.41, 5.74) is 0.151. The van der Waals surface area contributed by atoms with Crippen molar-refractivity contribution in [2.24, 2.45) is 0 Å². The first-order valence-electron chi connectivity index (χ1n) is 12.5. The largest absolute Gasteiger partial charge is 0.465 e. The number of anilines is 2. The maximum absolute atomic E-state index is 15.9. The topological polar surface area (TPSA) is 149 Å². The number of aromatic nitrogens is 3. The van der Waals surface area contributed by atoms with E-state index in [1.807, 2.05) is 20.8 Å². The van der Waals surface area contributed by atoms with Crippen molar-refractivity contribution in [3.05, 3.63) is 41.3 Å². The molecule has 1 saturated heterocycles. The Labute approximate surface area is 235 Å². The van der Waals surface area contributed by atoms with Crippen LogP contribution in [0, 0.1) is 5.82 Å². The van der Waals surface area contributed by atoms with Crippen molar-refractivity contribution in [3.8, 4) is 21.8 Å². The summed E-state index contributed by atoms with van der Waals surface area (Å²) < 4.78 is 58.3. The number of hydrogen-bond acceptors (Lipinski definition) is 8. The Hall–Kier alpha value is -3.43. The second-order valence-corrected chi connectivity index (χ2v) is 13.1. The van der Waals surface area contributed by atoms with Crippen LogP contribution in [-0.4, -0.2) is 70.7 Å². The minimum absolute atomic E-state index is 0.0121. The molecule has 0 unspecified atom stereocenters. The molecule has 0 radical (unpaired) electrons. The number of hydrogen-bond donors (Lipinski definition) is 4. The Morgan fingerprint density at radius 2 is 2.02 bits per heavy atom. The van der Waals surface area contributed by atoms with Gasteiger partial charge < -0.3 is 15.7 Å². The molecular formula is C25H31F2N7O4S2. The third-order valence-corrected chi connectivity index (χ3v) is 9.01. The summed E-state index contributed by atoms with van der Waals surface area (Å²) in [5.74, 6) is -0.581. The van der Waals surface area contributed by atoms with Crippen LogP contribution in [0.3, 0.4) is 0 Å². The maximum atomic E-state index is 15.9. The van der Waals surface area contributed by atoms with Gasteiger partial charge in [-0.1, -0.05) is 26.8 Å². The van der Waals surface area contributed by atoms with Crippen LogP contribution in [-0.2, 0) is 15.6 Å². The highest BCUT2D eigenvalue weighted by atomic mass is 32.2. The Morgan fingerprint density at radius 3 is 2.67 bits per heavy atom. The standard InChI is InChI=1S/C25H31F2N7O4S2/c1-14(30-24(35)36)12-29-23-28-10-8-18(31-23)21-20(32-22(39-21)25(2,3)4)16-6-5-7-17(19(16)27)33-40(37,38)34-11-9-15(26)13-34/h5-8,10,14-15,30,33H,9,11-13H2,1-4H3,(H,35,36)(H,28,29,31)/t14-,15+/m0/s1. The quantitative estimate of drug-likeness (QED) is 0.283. The fraction of sp³-hybridized carbons (Fsp3) is 0.440. The molecule has 1 aliphatic heterocycles. The summed E-state index contributed by atoms with van der Waals surface area (Å²) in [6, 6.07) is 5.56. The third-order valence-electron chi connectivity index (χ3n) is 6.02. The van der Waals surface area contributed by atoms with Gasteiger partial charge in [-0.25, -0.2) is 28.5 Å². The lowest BCUT2D eigenvalue weighted by atomic mass is 9.98. The van der Waals surface area contributed by atoms with E-state index in [0.717, 1.165) is 4.31 Å². The predicted molar refractivity (Wildman–Crippen MR) is 150 cm³/mol. The van der Waals surface area contributed by atoms with Gasteiger partial charge in [-0.2, -0.15) is 12.7 Å². The number of alkyl halides is 1. The molecule has 2 aromatic heterocycles. The number of benzene rings is 1. The second-order valence-electron chi connectivity index (χ2n) is 10.5. The lowest BCUT2D eigenvalue weighted by molar-refractivity contribution is 0.191. The van der Waals surface area contributed by atoms with Crippen molar-refractivity contribution in [1.82, 2.24) is 24.6 Å². The van der Waals surface area contributed by atoms with Gasteiger partial charge in [0.1, 0.15) is 6.17 Å². The van der Waals surface area contributed by atoms with E-state index < -0.39 is 34.3 Å².